The zero-order valence-corrected chi connectivity index (χ0v) is 11.4. The molecular formula is C14H17F3N2O. The number of rotatable bonds is 1. The fourth-order valence-corrected chi connectivity index (χ4v) is 2.34. The first-order chi connectivity index (χ1) is 9.22. The number of hydrogen-bond acceptors (Lipinski definition) is 2. The van der Waals surface area contributed by atoms with Gasteiger partial charge in [-0.1, -0.05) is 6.07 Å². The molecule has 2 rings (SSSR count). The Hall–Kier alpha value is -1.56. The number of halogens is 3. The second-order valence-electron chi connectivity index (χ2n) is 5.52. The molecule has 0 unspecified atom stereocenters. The fourth-order valence-electron chi connectivity index (χ4n) is 2.34. The Balaban J connectivity index is 2.29. The van der Waals surface area contributed by atoms with Crippen LogP contribution in [0.3, 0.4) is 0 Å². The van der Waals surface area contributed by atoms with Gasteiger partial charge in [0.15, 0.2) is 0 Å². The maximum atomic E-state index is 12.7. The predicted molar refractivity (Wildman–Crippen MR) is 69.4 cm³/mol. The van der Waals surface area contributed by atoms with Crippen molar-refractivity contribution in [3.05, 3.63) is 35.4 Å². The number of benzene rings is 1. The summed E-state index contributed by atoms with van der Waals surface area (Å²) in [5, 5.41) is 3.17. The van der Waals surface area contributed by atoms with Gasteiger partial charge in [-0.15, -0.1) is 0 Å². The molecule has 1 fully saturated rings. The van der Waals surface area contributed by atoms with E-state index in [-0.39, 0.29) is 11.5 Å². The van der Waals surface area contributed by atoms with Gasteiger partial charge in [0.2, 0.25) is 0 Å². The summed E-state index contributed by atoms with van der Waals surface area (Å²) >= 11 is 0. The van der Waals surface area contributed by atoms with Gasteiger partial charge < -0.3 is 10.2 Å². The van der Waals surface area contributed by atoms with E-state index in [2.05, 4.69) is 5.32 Å². The van der Waals surface area contributed by atoms with E-state index in [4.69, 9.17) is 0 Å². The molecular weight excluding hydrogens is 269 g/mol. The number of nitrogens with one attached hydrogen (secondary N) is 1. The van der Waals surface area contributed by atoms with Crippen molar-refractivity contribution in [3.8, 4) is 0 Å². The molecule has 0 aliphatic carbocycles. The zero-order valence-electron chi connectivity index (χ0n) is 11.4. The highest BCUT2D eigenvalue weighted by Gasteiger charge is 2.35. The van der Waals surface area contributed by atoms with Crippen molar-refractivity contribution in [1.29, 1.82) is 0 Å². The van der Waals surface area contributed by atoms with Crippen LogP contribution in [0.1, 0.15) is 29.8 Å². The van der Waals surface area contributed by atoms with Crippen LogP contribution in [-0.2, 0) is 6.18 Å². The van der Waals surface area contributed by atoms with Gasteiger partial charge in [-0.3, -0.25) is 4.79 Å². The molecule has 110 valence electrons. The van der Waals surface area contributed by atoms with Gasteiger partial charge in [-0.25, -0.2) is 0 Å². The lowest BCUT2D eigenvalue weighted by Gasteiger charge is -2.42. The number of nitrogens with zero attached hydrogens (tertiary/aromatic N) is 1. The van der Waals surface area contributed by atoms with Gasteiger partial charge in [-0.05, 0) is 32.0 Å². The first-order valence-corrected chi connectivity index (χ1v) is 6.42. The van der Waals surface area contributed by atoms with Crippen LogP contribution in [0.4, 0.5) is 13.2 Å². The van der Waals surface area contributed by atoms with Crippen LogP contribution < -0.4 is 5.32 Å². The Morgan fingerprint density at radius 1 is 1.35 bits per heavy atom. The van der Waals surface area contributed by atoms with Crippen molar-refractivity contribution in [1.82, 2.24) is 10.2 Å². The van der Waals surface area contributed by atoms with E-state index in [0.29, 0.717) is 19.6 Å². The standard InChI is InChI=1S/C14H17F3N2O/c1-13(2)9-18-6-7-19(13)12(20)10-4-3-5-11(8-10)14(15,16)17/h3-5,8,18H,6-7,9H2,1-2H3. The second kappa shape index (κ2) is 5.09. The number of hydrogen-bond donors (Lipinski definition) is 1. The lowest BCUT2D eigenvalue weighted by molar-refractivity contribution is -0.137. The molecule has 1 saturated heterocycles. The summed E-state index contributed by atoms with van der Waals surface area (Å²) in [6.45, 7) is 5.54. The minimum absolute atomic E-state index is 0.0785. The van der Waals surface area contributed by atoms with Gasteiger partial charge in [0.25, 0.3) is 5.91 Å². The normalized spacial score (nSPS) is 18.9. The molecule has 0 radical (unpaired) electrons. The zero-order chi connectivity index (χ0) is 15.0. The first kappa shape index (κ1) is 14.8. The van der Waals surface area contributed by atoms with Crippen LogP contribution in [-0.4, -0.2) is 36.0 Å². The number of carbonyl (C=O) groups excluding carboxylic acids is 1. The maximum absolute atomic E-state index is 12.7. The fraction of sp³-hybridized carbons (Fsp3) is 0.500. The Bertz CT molecular complexity index is 511. The van der Waals surface area contributed by atoms with Crippen LogP contribution in [0, 0.1) is 0 Å². The van der Waals surface area contributed by atoms with Gasteiger partial charge >= 0.3 is 6.18 Å². The van der Waals surface area contributed by atoms with Crippen molar-refractivity contribution in [2.45, 2.75) is 25.6 Å². The lowest BCUT2D eigenvalue weighted by Crippen LogP contribution is -2.59. The highest BCUT2D eigenvalue weighted by atomic mass is 19.4. The molecule has 1 aromatic rings. The van der Waals surface area contributed by atoms with E-state index < -0.39 is 17.3 Å². The quantitative estimate of drug-likeness (QED) is 0.860. The highest BCUT2D eigenvalue weighted by molar-refractivity contribution is 5.95. The summed E-state index contributed by atoms with van der Waals surface area (Å²) < 4.78 is 38.1. The Labute approximate surface area is 115 Å². The average Bonchev–Trinajstić information content (AvgIpc) is 2.37. The number of carbonyl (C=O) groups is 1. The molecule has 1 aliphatic rings. The Morgan fingerprint density at radius 3 is 2.65 bits per heavy atom. The second-order valence-corrected chi connectivity index (χ2v) is 5.52. The minimum atomic E-state index is -4.44. The monoisotopic (exact) mass is 286 g/mol. The van der Waals surface area contributed by atoms with Gasteiger partial charge in [-0.2, -0.15) is 13.2 Å². The summed E-state index contributed by atoms with van der Waals surface area (Å²) in [6.07, 6.45) is -4.44. The van der Waals surface area contributed by atoms with Crippen LogP contribution >= 0.6 is 0 Å². The summed E-state index contributed by atoms with van der Waals surface area (Å²) in [5.74, 6) is -0.359. The smallest absolute Gasteiger partial charge is 0.331 e. The van der Waals surface area contributed by atoms with Gasteiger partial charge in [0.05, 0.1) is 11.1 Å². The highest BCUT2D eigenvalue weighted by Crippen LogP contribution is 2.30. The summed E-state index contributed by atoms with van der Waals surface area (Å²) in [7, 11) is 0. The molecule has 3 nitrogen and oxygen atoms in total. The van der Waals surface area contributed by atoms with Crippen LogP contribution in [0.25, 0.3) is 0 Å². The molecule has 20 heavy (non-hydrogen) atoms. The third-order valence-electron chi connectivity index (χ3n) is 3.48. The van der Waals surface area contributed by atoms with Crippen LogP contribution in [0.2, 0.25) is 0 Å². The summed E-state index contributed by atoms with van der Waals surface area (Å²) in [5.41, 5.74) is -1.13. The van der Waals surface area contributed by atoms with Gasteiger partial charge in [0.1, 0.15) is 0 Å². The molecule has 1 amide bonds. The molecule has 0 spiro atoms. The van der Waals surface area contributed by atoms with E-state index in [1.807, 2.05) is 13.8 Å². The molecule has 1 aliphatic heterocycles. The maximum Gasteiger partial charge on any atom is 0.416 e. The summed E-state index contributed by atoms with van der Waals surface area (Å²) in [6, 6.07) is 4.58. The van der Waals surface area contributed by atoms with E-state index >= 15 is 0 Å². The van der Waals surface area contributed by atoms with Crippen LogP contribution in [0.5, 0.6) is 0 Å². The van der Waals surface area contributed by atoms with E-state index in [1.165, 1.54) is 12.1 Å². The van der Waals surface area contributed by atoms with Crippen molar-refractivity contribution in [2.75, 3.05) is 19.6 Å². The SMILES string of the molecule is CC1(C)CNCCN1C(=O)c1cccc(C(F)(F)F)c1. The lowest BCUT2D eigenvalue weighted by atomic mass is 9.98. The molecule has 0 bridgehead atoms. The van der Waals surface area contributed by atoms with Crippen molar-refractivity contribution in [3.63, 3.8) is 0 Å². The van der Waals surface area contributed by atoms with Crippen molar-refractivity contribution >= 4 is 5.91 Å². The topological polar surface area (TPSA) is 32.3 Å². The number of piperazine rings is 1. The Kier molecular flexibility index (Phi) is 3.77. The van der Waals surface area contributed by atoms with E-state index in [9.17, 15) is 18.0 Å². The van der Waals surface area contributed by atoms with E-state index in [1.54, 1.807) is 4.90 Å². The molecule has 0 atom stereocenters. The molecule has 1 N–H and O–H groups in total. The largest absolute Gasteiger partial charge is 0.416 e. The third-order valence-corrected chi connectivity index (χ3v) is 3.48. The summed E-state index contributed by atoms with van der Waals surface area (Å²) in [4.78, 5) is 14.0. The molecule has 1 heterocycles. The average molecular weight is 286 g/mol. The Morgan fingerprint density at radius 2 is 2.05 bits per heavy atom. The third kappa shape index (κ3) is 2.95. The molecule has 0 aromatic heterocycles. The number of amides is 1. The minimum Gasteiger partial charge on any atom is -0.331 e. The van der Waals surface area contributed by atoms with Crippen LogP contribution in [0.15, 0.2) is 24.3 Å². The number of alkyl halides is 3. The molecule has 6 heteroatoms. The molecule has 0 saturated carbocycles. The van der Waals surface area contributed by atoms with E-state index in [0.717, 1.165) is 12.1 Å². The van der Waals surface area contributed by atoms with Crippen molar-refractivity contribution in [2.24, 2.45) is 0 Å². The predicted octanol–water partition coefficient (Wildman–Crippen LogP) is 2.53. The molecule has 1 aromatic carbocycles. The van der Waals surface area contributed by atoms with Gasteiger partial charge in [0, 0.05) is 25.2 Å². The first-order valence-electron chi connectivity index (χ1n) is 6.42. The van der Waals surface area contributed by atoms with Crippen molar-refractivity contribution < 1.29 is 18.0 Å².